The maximum absolute atomic E-state index is 13.0. The van der Waals surface area contributed by atoms with Crippen LogP contribution in [0.1, 0.15) is 62.6 Å². The number of hydrogen-bond donors (Lipinski definition) is 1. The highest BCUT2D eigenvalue weighted by Gasteiger charge is 2.52. The van der Waals surface area contributed by atoms with Gasteiger partial charge in [0.25, 0.3) is 14.1 Å². The maximum atomic E-state index is 13.0. The molecule has 0 saturated carbocycles. The Hall–Kier alpha value is -5.49. The quantitative estimate of drug-likeness (QED) is 0.0446. The molecule has 0 aliphatic carbocycles. The van der Waals surface area contributed by atoms with E-state index in [-0.39, 0.29) is 49.4 Å². The minimum Gasteiger partial charge on any atom is -0.497 e. The number of fused-ring (bicyclic) bond motifs is 1. The van der Waals surface area contributed by atoms with E-state index in [1.165, 1.54) is 6.33 Å². The van der Waals surface area contributed by atoms with Crippen molar-refractivity contribution >= 4 is 19.7 Å². The summed E-state index contributed by atoms with van der Waals surface area (Å²) in [5, 5.41) is 9.53. The third-order valence-corrected chi connectivity index (χ3v) is 12.8. The Morgan fingerprint density at radius 2 is 1.44 bits per heavy atom. The van der Waals surface area contributed by atoms with E-state index in [1.807, 2.05) is 109 Å². The second kappa shape index (κ2) is 20.6. The van der Waals surface area contributed by atoms with Crippen molar-refractivity contribution in [2.24, 2.45) is 0 Å². The van der Waals surface area contributed by atoms with Crippen molar-refractivity contribution in [2.75, 3.05) is 27.4 Å². The normalized spacial score (nSPS) is 18.4. The molecule has 1 aliphatic heterocycles. The van der Waals surface area contributed by atoms with Crippen LogP contribution in [0.25, 0.3) is 11.2 Å². The highest BCUT2D eigenvalue weighted by molar-refractivity contribution is 7.44. The summed E-state index contributed by atoms with van der Waals surface area (Å²) >= 11 is 0. The molecule has 1 fully saturated rings. The molecule has 324 valence electrons. The number of H-pyrrole nitrogens is 1. The van der Waals surface area contributed by atoms with Crippen LogP contribution in [0.4, 0.5) is 0 Å². The van der Waals surface area contributed by atoms with Crippen molar-refractivity contribution in [3.63, 3.8) is 0 Å². The maximum Gasteiger partial charge on any atom is 0.278 e. The molecule has 5 atom stereocenters. The van der Waals surface area contributed by atoms with Crippen molar-refractivity contribution in [1.29, 1.82) is 5.26 Å². The molecule has 1 N–H and O–H groups in total. The van der Waals surface area contributed by atoms with Crippen LogP contribution in [0.15, 0.2) is 127 Å². The van der Waals surface area contributed by atoms with Gasteiger partial charge in [0.15, 0.2) is 17.4 Å². The molecule has 0 radical (unpaired) electrons. The summed E-state index contributed by atoms with van der Waals surface area (Å²) < 4.78 is 50.2. The van der Waals surface area contributed by atoms with Crippen molar-refractivity contribution in [2.45, 2.75) is 82.9 Å². The van der Waals surface area contributed by atoms with Gasteiger partial charge in [0, 0.05) is 12.1 Å². The Labute approximate surface area is 363 Å². The Bertz CT molecular complexity index is 2370. The number of ether oxygens (including phenoxy) is 5. The fraction of sp³-hybridized carbons (Fsp3) is 0.362. The van der Waals surface area contributed by atoms with Crippen LogP contribution in [0.5, 0.6) is 11.5 Å². The summed E-state index contributed by atoms with van der Waals surface area (Å²) in [5.74, 6) is 1.40. The molecule has 0 amide bonds. The van der Waals surface area contributed by atoms with Crippen molar-refractivity contribution in [3.8, 4) is 17.6 Å². The van der Waals surface area contributed by atoms with E-state index in [4.69, 9.17) is 32.7 Å². The van der Waals surface area contributed by atoms with Gasteiger partial charge in [-0.2, -0.15) is 5.26 Å². The van der Waals surface area contributed by atoms with Gasteiger partial charge in [0.2, 0.25) is 0 Å². The zero-order valence-corrected chi connectivity index (χ0v) is 36.7. The third kappa shape index (κ3) is 9.60. The van der Waals surface area contributed by atoms with E-state index < -0.39 is 38.7 Å². The smallest absolute Gasteiger partial charge is 0.278 e. The molecule has 2 aromatic heterocycles. The molecular weight excluding hydrogens is 808 g/mol. The van der Waals surface area contributed by atoms with Gasteiger partial charge in [-0.15, -0.1) is 0 Å². The third-order valence-electron chi connectivity index (χ3n) is 10.7. The second-order valence-corrected chi connectivity index (χ2v) is 16.7. The molecular formula is C47H53N6O8P. The predicted octanol–water partition coefficient (Wildman–Crippen LogP) is 8.29. The van der Waals surface area contributed by atoms with Crippen LogP contribution in [0.3, 0.4) is 0 Å². The molecule has 1 aliphatic rings. The van der Waals surface area contributed by atoms with Gasteiger partial charge in [-0.05, 0) is 74.2 Å². The summed E-state index contributed by atoms with van der Waals surface area (Å²) in [4.78, 5) is 24.5. The summed E-state index contributed by atoms with van der Waals surface area (Å²) in [5.41, 5.74) is 2.41. The number of nitrogens with zero attached hydrogens (tertiary/aromatic N) is 5. The summed E-state index contributed by atoms with van der Waals surface area (Å²) in [6, 6.07) is 37.8. The first kappa shape index (κ1) is 44.6. The Morgan fingerprint density at radius 1 is 0.839 bits per heavy atom. The number of methoxy groups -OCH3 is 2. The Morgan fingerprint density at radius 3 is 2.02 bits per heavy atom. The molecule has 0 bridgehead atoms. The molecule has 62 heavy (non-hydrogen) atoms. The minimum atomic E-state index is -1.80. The van der Waals surface area contributed by atoms with Gasteiger partial charge >= 0.3 is 0 Å². The van der Waals surface area contributed by atoms with Crippen molar-refractivity contribution in [3.05, 3.63) is 154 Å². The van der Waals surface area contributed by atoms with E-state index in [0.29, 0.717) is 17.1 Å². The number of benzene rings is 4. The van der Waals surface area contributed by atoms with Crippen LogP contribution in [0.2, 0.25) is 0 Å². The monoisotopic (exact) mass is 860 g/mol. The fourth-order valence-electron chi connectivity index (χ4n) is 7.87. The summed E-state index contributed by atoms with van der Waals surface area (Å²) in [6.07, 6.45) is -0.243. The zero-order chi connectivity index (χ0) is 43.6. The van der Waals surface area contributed by atoms with E-state index in [0.717, 1.165) is 22.3 Å². The van der Waals surface area contributed by atoms with E-state index in [2.05, 4.69) is 53.4 Å². The molecule has 2 unspecified atom stereocenters. The first-order valence-electron chi connectivity index (χ1n) is 20.6. The van der Waals surface area contributed by atoms with Gasteiger partial charge in [-0.1, -0.05) is 84.9 Å². The first-order chi connectivity index (χ1) is 30.2. The van der Waals surface area contributed by atoms with Crippen molar-refractivity contribution in [1.82, 2.24) is 24.2 Å². The van der Waals surface area contributed by atoms with Gasteiger partial charge < -0.3 is 37.7 Å². The molecule has 7 rings (SSSR count). The van der Waals surface area contributed by atoms with Crippen LogP contribution < -0.4 is 15.0 Å². The molecule has 14 nitrogen and oxygen atoms in total. The van der Waals surface area contributed by atoms with Gasteiger partial charge in [-0.25, -0.2) is 14.6 Å². The average Bonchev–Trinajstić information content (AvgIpc) is 3.88. The van der Waals surface area contributed by atoms with Gasteiger partial charge in [-0.3, -0.25) is 9.36 Å². The lowest BCUT2D eigenvalue weighted by molar-refractivity contribution is -0.0963. The number of hydrogen-bond acceptors (Lipinski definition) is 12. The summed E-state index contributed by atoms with van der Waals surface area (Å²) in [7, 11) is 1.47. The SMILES string of the molecule is COc1ccc(C(OCC2O[C@@H](n3cnc4c(=O)[nH]cnc43)[C@H](OCc3ccccc3)[C@@H]2OP(OCCC#N)N(C(C)C)C(C)C)(c2ccccc2)c2ccc(OC)cc2)cc1. The standard InChI is InChI=1S/C47H53N6O8P/c1-32(2)53(33(3)4)62(59-27-13-26-48)61-42-40(60-46(43(42)57-28-34-14-9-7-10-15-34)52-31-51-41-44(52)49-30-50-45(41)54)29-58-47(35-16-11-8-12-17-35,36-18-22-38(55-5)23-19-36)37-20-24-39(56-6)25-21-37/h7-12,14-25,30-33,40,42-43,46H,13,27-29H2,1-6H3,(H,49,50,54)/t40?,42-,43-,46-,62?/m1/s1. The number of nitrogens with one attached hydrogen (secondary N) is 1. The topological polar surface area (TPSA) is 155 Å². The largest absolute Gasteiger partial charge is 0.497 e. The molecule has 0 spiro atoms. The lowest BCUT2D eigenvalue weighted by atomic mass is 9.80. The number of nitriles is 1. The van der Waals surface area contributed by atoms with Crippen LogP contribution in [-0.2, 0) is 35.5 Å². The number of aromatic amines is 1. The van der Waals surface area contributed by atoms with E-state index in [1.54, 1.807) is 25.1 Å². The van der Waals surface area contributed by atoms with Gasteiger partial charge in [0.05, 0.1) is 59.2 Å². The van der Waals surface area contributed by atoms with Crippen molar-refractivity contribution < 1.29 is 32.7 Å². The minimum absolute atomic E-state index is 0.00924. The second-order valence-electron chi connectivity index (χ2n) is 15.3. The molecule has 4 aromatic carbocycles. The lowest BCUT2D eigenvalue weighted by Crippen LogP contribution is -2.43. The highest BCUT2D eigenvalue weighted by Crippen LogP contribution is 2.51. The van der Waals surface area contributed by atoms with Crippen LogP contribution in [-0.4, -0.2) is 82.0 Å². The highest BCUT2D eigenvalue weighted by atomic mass is 31.2. The zero-order valence-electron chi connectivity index (χ0n) is 35.8. The number of imidazole rings is 1. The van der Waals surface area contributed by atoms with Crippen LogP contribution in [0, 0.1) is 11.3 Å². The predicted molar refractivity (Wildman–Crippen MR) is 235 cm³/mol. The fourth-order valence-corrected chi connectivity index (χ4v) is 9.64. The van der Waals surface area contributed by atoms with Gasteiger partial charge in [0.1, 0.15) is 35.4 Å². The summed E-state index contributed by atoms with van der Waals surface area (Å²) in [6.45, 7) is 8.72. The van der Waals surface area contributed by atoms with E-state index >= 15 is 0 Å². The Kier molecular flexibility index (Phi) is 14.8. The van der Waals surface area contributed by atoms with Crippen LogP contribution >= 0.6 is 8.53 Å². The lowest BCUT2D eigenvalue weighted by Gasteiger charge is -2.39. The first-order valence-corrected chi connectivity index (χ1v) is 21.8. The van der Waals surface area contributed by atoms with E-state index in [9.17, 15) is 10.1 Å². The molecule has 15 heteroatoms. The Balaban J connectivity index is 1.38. The molecule has 3 heterocycles. The molecule has 6 aromatic rings. The molecule has 1 saturated heterocycles. The number of aromatic nitrogens is 4. The number of rotatable bonds is 20. The average molecular weight is 861 g/mol.